The molecular weight excluding hydrogens is 397 g/mol. The topological polar surface area (TPSA) is 56.8 Å². The van der Waals surface area contributed by atoms with Crippen LogP contribution in [0, 0.1) is 5.82 Å². The second-order valence-corrected chi connectivity index (χ2v) is 7.51. The molecule has 0 bridgehead atoms. The van der Waals surface area contributed by atoms with Crippen LogP contribution in [-0.2, 0) is 24.1 Å². The molecule has 31 heavy (non-hydrogen) atoms. The number of carbonyl (C=O) groups is 1. The van der Waals surface area contributed by atoms with Crippen molar-refractivity contribution in [1.82, 2.24) is 5.32 Å². The minimum Gasteiger partial charge on any atom is -0.497 e. The van der Waals surface area contributed by atoms with E-state index in [2.05, 4.69) is 5.32 Å². The third-order valence-electron chi connectivity index (χ3n) is 5.20. The average Bonchev–Trinajstić information content (AvgIpc) is 3.24. The lowest BCUT2D eigenvalue weighted by Gasteiger charge is -2.20. The highest BCUT2D eigenvalue weighted by molar-refractivity contribution is 5.79. The zero-order valence-electron chi connectivity index (χ0n) is 17.3. The third kappa shape index (κ3) is 5.54. The zero-order valence-corrected chi connectivity index (χ0v) is 17.3. The first kappa shape index (κ1) is 20.7. The number of amides is 1. The van der Waals surface area contributed by atoms with Crippen molar-refractivity contribution in [2.75, 3.05) is 13.9 Å². The van der Waals surface area contributed by atoms with Gasteiger partial charge in [-0.1, -0.05) is 30.3 Å². The van der Waals surface area contributed by atoms with Gasteiger partial charge in [-0.25, -0.2) is 4.39 Å². The first-order valence-corrected chi connectivity index (χ1v) is 10.1. The highest BCUT2D eigenvalue weighted by Gasteiger charge is 2.18. The molecule has 1 aliphatic heterocycles. The number of fused-ring (bicyclic) bond motifs is 1. The van der Waals surface area contributed by atoms with Crippen LogP contribution in [0.25, 0.3) is 0 Å². The van der Waals surface area contributed by atoms with Gasteiger partial charge in [0, 0.05) is 6.04 Å². The quantitative estimate of drug-likeness (QED) is 0.596. The number of hydrogen-bond donors (Lipinski definition) is 1. The fourth-order valence-corrected chi connectivity index (χ4v) is 3.64. The molecule has 6 heteroatoms. The summed E-state index contributed by atoms with van der Waals surface area (Å²) in [6.45, 7) is 0.225. The maximum atomic E-state index is 13.1. The van der Waals surface area contributed by atoms with Crippen molar-refractivity contribution in [3.05, 3.63) is 89.2 Å². The minimum absolute atomic E-state index is 0.106. The van der Waals surface area contributed by atoms with Gasteiger partial charge in [0.2, 0.25) is 12.7 Å². The van der Waals surface area contributed by atoms with Crippen LogP contribution in [0.15, 0.2) is 66.7 Å². The Morgan fingerprint density at radius 3 is 2.32 bits per heavy atom. The normalized spacial score (nSPS) is 13.0. The van der Waals surface area contributed by atoms with Gasteiger partial charge in [0.05, 0.1) is 13.5 Å². The highest BCUT2D eigenvalue weighted by atomic mass is 19.1. The van der Waals surface area contributed by atoms with Crippen LogP contribution >= 0.6 is 0 Å². The van der Waals surface area contributed by atoms with Crippen molar-refractivity contribution in [2.24, 2.45) is 0 Å². The average molecular weight is 421 g/mol. The van der Waals surface area contributed by atoms with Crippen molar-refractivity contribution in [1.29, 1.82) is 0 Å². The maximum Gasteiger partial charge on any atom is 0.231 e. The third-order valence-corrected chi connectivity index (χ3v) is 5.20. The molecule has 0 radical (unpaired) electrons. The van der Waals surface area contributed by atoms with Crippen molar-refractivity contribution >= 4 is 5.91 Å². The lowest BCUT2D eigenvalue weighted by atomic mass is 9.98. The number of hydrogen-bond acceptors (Lipinski definition) is 4. The molecule has 0 saturated carbocycles. The van der Waals surface area contributed by atoms with Crippen molar-refractivity contribution in [2.45, 2.75) is 25.3 Å². The SMILES string of the molecule is COc1ccc(C[C@H](Cc2ccc3c(c2)OCO3)NC(=O)Cc2ccc(F)cc2)cc1. The monoisotopic (exact) mass is 421 g/mol. The Hall–Kier alpha value is -3.54. The van der Waals surface area contributed by atoms with Crippen molar-refractivity contribution in [3.63, 3.8) is 0 Å². The lowest BCUT2D eigenvalue weighted by Crippen LogP contribution is -2.39. The van der Waals surface area contributed by atoms with Gasteiger partial charge in [-0.15, -0.1) is 0 Å². The van der Waals surface area contributed by atoms with Crippen LogP contribution < -0.4 is 19.5 Å². The Labute approximate surface area is 180 Å². The zero-order chi connectivity index (χ0) is 21.6. The molecule has 5 nitrogen and oxygen atoms in total. The molecule has 0 unspecified atom stereocenters. The molecule has 160 valence electrons. The predicted molar refractivity (Wildman–Crippen MR) is 115 cm³/mol. The summed E-state index contributed by atoms with van der Waals surface area (Å²) in [5, 5.41) is 3.14. The Bertz CT molecular complexity index is 1030. The first-order valence-electron chi connectivity index (χ1n) is 10.1. The number of benzene rings is 3. The first-order chi connectivity index (χ1) is 15.1. The van der Waals surface area contributed by atoms with E-state index in [1.54, 1.807) is 19.2 Å². The van der Waals surface area contributed by atoms with E-state index in [0.29, 0.717) is 12.8 Å². The molecule has 1 N–H and O–H groups in total. The number of methoxy groups -OCH3 is 1. The highest BCUT2D eigenvalue weighted by Crippen LogP contribution is 2.33. The fraction of sp³-hybridized carbons (Fsp3) is 0.240. The molecule has 3 aromatic rings. The molecule has 1 amide bonds. The summed E-state index contributed by atoms with van der Waals surface area (Å²) in [5.74, 6) is 1.82. The largest absolute Gasteiger partial charge is 0.497 e. The van der Waals surface area contributed by atoms with Crippen LogP contribution in [0.1, 0.15) is 16.7 Å². The summed E-state index contributed by atoms with van der Waals surface area (Å²) in [6.07, 6.45) is 1.49. The van der Waals surface area contributed by atoms with E-state index in [1.165, 1.54) is 12.1 Å². The molecular formula is C25H24FNO4. The standard InChI is InChI=1S/C25H24FNO4/c1-29-22-9-4-17(5-10-22)12-21(13-19-6-11-23-24(14-19)31-16-30-23)27-25(28)15-18-2-7-20(26)8-3-18/h2-11,14,21H,12-13,15-16H2,1H3,(H,27,28)/t21-/m1/s1. The van der Waals surface area contributed by atoms with E-state index in [9.17, 15) is 9.18 Å². The second-order valence-electron chi connectivity index (χ2n) is 7.51. The minimum atomic E-state index is -0.315. The maximum absolute atomic E-state index is 13.1. The molecule has 0 saturated heterocycles. The van der Waals surface area contributed by atoms with Crippen LogP contribution in [0.2, 0.25) is 0 Å². The summed E-state index contributed by atoms with van der Waals surface area (Å²) in [6, 6.07) is 19.5. The van der Waals surface area contributed by atoms with Gasteiger partial charge in [-0.2, -0.15) is 0 Å². The van der Waals surface area contributed by atoms with E-state index >= 15 is 0 Å². The van der Waals surface area contributed by atoms with Crippen molar-refractivity contribution in [3.8, 4) is 17.2 Å². The van der Waals surface area contributed by atoms with E-state index in [4.69, 9.17) is 14.2 Å². The molecule has 1 atom stereocenters. The fourth-order valence-electron chi connectivity index (χ4n) is 3.64. The van der Waals surface area contributed by atoms with E-state index in [1.807, 2.05) is 42.5 Å². The van der Waals surface area contributed by atoms with Gasteiger partial charge >= 0.3 is 0 Å². The lowest BCUT2D eigenvalue weighted by molar-refractivity contribution is -0.121. The molecule has 4 rings (SSSR count). The van der Waals surface area contributed by atoms with Gasteiger partial charge in [-0.05, 0) is 65.9 Å². The number of nitrogens with one attached hydrogen (secondary N) is 1. The van der Waals surface area contributed by atoms with Crippen LogP contribution in [0.4, 0.5) is 4.39 Å². The van der Waals surface area contributed by atoms with Gasteiger partial charge < -0.3 is 19.5 Å². The molecule has 1 aliphatic rings. The second kappa shape index (κ2) is 9.51. The smallest absolute Gasteiger partial charge is 0.231 e. The van der Waals surface area contributed by atoms with Gasteiger partial charge in [-0.3, -0.25) is 4.79 Å². The molecule has 3 aromatic carbocycles. The Balaban J connectivity index is 1.48. The Morgan fingerprint density at radius 2 is 1.58 bits per heavy atom. The summed E-state index contributed by atoms with van der Waals surface area (Å²) in [7, 11) is 1.63. The number of halogens is 1. The number of carbonyl (C=O) groups excluding carboxylic acids is 1. The van der Waals surface area contributed by atoms with E-state index in [0.717, 1.165) is 33.9 Å². The van der Waals surface area contributed by atoms with Gasteiger partial charge in [0.15, 0.2) is 11.5 Å². The molecule has 0 aliphatic carbocycles. The molecule has 1 heterocycles. The summed E-state index contributed by atoms with van der Waals surface area (Å²) >= 11 is 0. The molecule has 0 aromatic heterocycles. The molecule has 0 fully saturated rings. The van der Waals surface area contributed by atoms with Crippen LogP contribution in [0.5, 0.6) is 17.2 Å². The van der Waals surface area contributed by atoms with Gasteiger partial charge in [0.1, 0.15) is 11.6 Å². The molecule has 0 spiro atoms. The summed E-state index contributed by atoms with van der Waals surface area (Å²) < 4.78 is 29.2. The van der Waals surface area contributed by atoms with Crippen LogP contribution in [-0.4, -0.2) is 25.9 Å². The van der Waals surface area contributed by atoms with Gasteiger partial charge in [0.25, 0.3) is 0 Å². The number of ether oxygens (including phenoxy) is 3. The Kier molecular flexibility index (Phi) is 6.36. The van der Waals surface area contributed by atoms with E-state index in [-0.39, 0.29) is 31.0 Å². The predicted octanol–water partition coefficient (Wildman–Crippen LogP) is 4.08. The van der Waals surface area contributed by atoms with Crippen molar-refractivity contribution < 1.29 is 23.4 Å². The summed E-state index contributed by atoms with van der Waals surface area (Å²) in [5.41, 5.74) is 2.91. The van der Waals surface area contributed by atoms with Crippen LogP contribution in [0.3, 0.4) is 0 Å². The Morgan fingerprint density at radius 1 is 0.935 bits per heavy atom. The number of rotatable bonds is 8. The summed E-state index contributed by atoms with van der Waals surface area (Å²) in [4.78, 5) is 12.7. The van der Waals surface area contributed by atoms with E-state index < -0.39 is 0 Å².